The van der Waals surface area contributed by atoms with Crippen molar-refractivity contribution in [2.24, 2.45) is 4.88 Å². The van der Waals surface area contributed by atoms with Crippen molar-refractivity contribution < 1.29 is 14.0 Å². The Morgan fingerprint density at radius 2 is 2.07 bits per heavy atom. The number of rotatable bonds is 4. The Morgan fingerprint density at radius 1 is 1.47 bits per heavy atom. The van der Waals surface area contributed by atoms with Crippen LogP contribution in [0.3, 0.4) is 0 Å². The van der Waals surface area contributed by atoms with Crippen LogP contribution >= 0.6 is 8.18 Å². The van der Waals surface area contributed by atoms with Gasteiger partial charge in [0.25, 0.3) is 5.69 Å². The van der Waals surface area contributed by atoms with Crippen LogP contribution in [0.25, 0.3) is 10.4 Å². The van der Waals surface area contributed by atoms with Crippen molar-refractivity contribution in [1.29, 1.82) is 0 Å². The number of non-ortho nitro benzene ring substituents is 1. The van der Waals surface area contributed by atoms with Crippen molar-refractivity contribution in [1.82, 2.24) is 0 Å². The van der Waals surface area contributed by atoms with Gasteiger partial charge in [0, 0.05) is 22.6 Å². The van der Waals surface area contributed by atoms with Gasteiger partial charge in [0.05, 0.1) is 4.92 Å². The molecule has 1 rings (SSSR count). The van der Waals surface area contributed by atoms with Gasteiger partial charge in [0.2, 0.25) is 4.88 Å². The van der Waals surface area contributed by atoms with Gasteiger partial charge >= 0.3 is 8.18 Å². The second-order valence-electron chi connectivity index (χ2n) is 2.26. The molecule has 1 aromatic carbocycles. The minimum Gasteiger partial charge on any atom is -0.258 e. The van der Waals surface area contributed by atoms with E-state index >= 15 is 0 Å². The minimum absolute atomic E-state index is 0.110. The quantitative estimate of drug-likeness (QED) is 0.196. The molecule has 0 fully saturated rings. The summed E-state index contributed by atoms with van der Waals surface area (Å²) in [6.07, 6.45) is 0. The summed E-state index contributed by atoms with van der Waals surface area (Å²) >= 11 is 0. The molecule has 1 aromatic rings. The number of azide groups is 1. The highest BCUT2D eigenvalue weighted by Crippen LogP contribution is 2.29. The third-order valence-electron chi connectivity index (χ3n) is 1.34. The lowest BCUT2D eigenvalue weighted by Crippen LogP contribution is -1.87. The van der Waals surface area contributed by atoms with Crippen molar-refractivity contribution >= 4 is 13.9 Å². The molecule has 9 heteroatoms. The van der Waals surface area contributed by atoms with E-state index in [0.29, 0.717) is 0 Å². The van der Waals surface area contributed by atoms with Gasteiger partial charge in [0.15, 0.2) is 5.75 Å². The summed E-state index contributed by atoms with van der Waals surface area (Å²) in [5.74, 6) is 0.133. The average Bonchev–Trinajstić information content (AvgIpc) is 2.18. The predicted octanol–water partition coefficient (Wildman–Crippen LogP) is 2.94. The van der Waals surface area contributed by atoms with E-state index in [4.69, 9.17) is 5.53 Å². The molecule has 0 aliphatic heterocycles. The number of benzene rings is 1. The summed E-state index contributed by atoms with van der Waals surface area (Å²) in [6.45, 7) is 0. The zero-order valence-corrected chi connectivity index (χ0v) is 8.07. The van der Waals surface area contributed by atoms with E-state index in [9.17, 15) is 14.7 Å². The first-order valence-electron chi connectivity index (χ1n) is 3.58. The Balaban J connectivity index is 2.76. The van der Waals surface area contributed by atoms with Crippen LogP contribution in [0.1, 0.15) is 0 Å². The van der Waals surface area contributed by atoms with E-state index in [2.05, 4.69) is 14.3 Å². The van der Waals surface area contributed by atoms with Gasteiger partial charge < -0.3 is 0 Å². The molecule has 0 aliphatic rings. The number of nitro groups is 1. The third-order valence-corrected chi connectivity index (χ3v) is 1.94. The normalized spacial score (nSPS) is 10.0. The first-order valence-corrected chi connectivity index (χ1v) is 4.71. The second-order valence-corrected chi connectivity index (χ2v) is 3.10. The SMILES string of the molecule is [N-]=[N+]=N[P+](=O)Oc1ccc([N+](=O)[O-])cc1. The van der Waals surface area contributed by atoms with E-state index < -0.39 is 13.1 Å². The Kier molecular flexibility index (Phi) is 3.56. The van der Waals surface area contributed by atoms with Gasteiger partial charge in [-0.3, -0.25) is 10.1 Å². The number of nitro benzene ring substituents is 1. The third kappa shape index (κ3) is 3.22. The van der Waals surface area contributed by atoms with Gasteiger partial charge in [-0.05, 0) is 16.7 Å². The molecule has 8 nitrogen and oxygen atoms in total. The topological polar surface area (TPSA) is 118 Å². The van der Waals surface area contributed by atoms with Crippen molar-refractivity contribution in [2.75, 3.05) is 0 Å². The minimum atomic E-state index is -2.49. The summed E-state index contributed by atoms with van der Waals surface area (Å²) in [5.41, 5.74) is 7.83. The summed E-state index contributed by atoms with van der Waals surface area (Å²) in [5, 5.41) is 10.3. The Bertz CT molecular complexity index is 439. The summed E-state index contributed by atoms with van der Waals surface area (Å²) in [4.78, 5) is 14.8. The smallest absolute Gasteiger partial charge is 0.258 e. The van der Waals surface area contributed by atoms with Crippen LogP contribution in [0.15, 0.2) is 29.2 Å². The standard InChI is InChI=1S/C6H4N4O4P/c7-8-9-15(13)14-6-3-1-5(2-4-6)10(11)12/h1-4H/q+1. The van der Waals surface area contributed by atoms with E-state index in [1.54, 1.807) is 0 Å². The molecule has 1 atom stereocenters. The lowest BCUT2D eigenvalue weighted by Gasteiger charge is -1.91. The molecule has 1 unspecified atom stereocenters. The van der Waals surface area contributed by atoms with Gasteiger partial charge in [-0.1, -0.05) is 0 Å². The molecule has 0 amide bonds. The fourth-order valence-electron chi connectivity index (χ4n) is 0.770. The molecular weight excluding hydrogens is 223 g/mol. The molecule has 0 spiro atoms. The fraction of sp³-hybridized carbons (Fsp3) is 0. The lowest BCUT2D eigenvalue weighted by atomic mass is 10.3. The molecular formula is C6H4N4O4P+. The summed E-state index contributed by atoms with van der Waals surface area (Å²) < 4.78 is 15.5. The second kappa shape index (κ2) is 4.90. The largest absolute Gasteiger partial charge is 0.689 e. The van der Waals surface area contributed by atoms with Crippen molar-refractivity contribution in [3.8, 4) is 5.75 Å². The molecule has 0 N–H and O–H groups in total. The van der Waals surface area contributed by atoms with Crippen LogP contribution in [-0.2, 0) is 4.57 Å². The molecule has 0 saturated carbocycles. The molecule has 0 aromatic heterocycles. The predicted molar refractivity (Wildman–Crippen MR) is 50.5 cm³/mol. The van der Waals surface area contributed by atoms with E-state index in [-0.39, 0.29) is 11.4 Å². The zero-order valence-electron chi connectivity index (χ0n) is 7.18. The van der Waals surface area contributed by atoms with Crippen LogP contribution in [-0.4, -0.2) is 4.92 Å². The van der Waals surface area contributed by atoms with Gasteiger partial charge in [-0.15, -0.1) is 0 Å². The Morgan fingerprint density at radius 3 is 2.53 bits per heavy atom. The van der Waals surface area contributed by atoms with Crippen LogP contribution in [0.4, 0.5) is 5.69 Å². The van der Waals surface area contributed by atoms with Crippen LogP contribution < -0.4 is 4.52 Å². The first kappa shape index (κ1) is 10.9. The maximum absolute atomic E-state index is 10.8. The molecule has 0 bridgehead atoms. The van der Waals surface area contributed by atoms with E-state index in [0.717, 1.165) is 0 Å². The molecule has 15 heavy (non-hydrogen) atoms. The summed E-state index contributed by atoms with van der Waals surface area (Å²) in [6, 6.07) is 4.90. The van der Waals surface area contributed by atoms with Crippen molar-refractivity contribution in [3.05, 3.63) is 44.8 Å². The van der Waals surface area contributed by atoms with Crippen molar-refractivity contribution in [2.45, 2.75) is 0 Å². The molecule has 0 heterocycles. The average molecular weight is 227 g/mol. The Hall–Kier alpha value is -2.17. The zero-order chi connectivity index (χ0) is 11.3. The highest BCUT2D eigenvalue weighted by atomic mass is 31.1. The van der Waals surface area contributed by atoms with E-state index in [1.165, 1.54) is 24.3 Å². The first-order chi connectivity index (χ1) is 7.13. The van der Waals surface area contributed by atoms with E-state index in [1.807, 2.05) is 0 Å². The maximum atomic E-state index is 10.8. The monoisotopic (exact) mass is 227 g/mol. The van der Waals surface area contributed by atoms with Gasteiger partial charge in [-0.2, -0.15) is 0 Å². The fourth-order valence-corrected chi connectivity index (χ4v) is 1.17. The van der Waals surface area contributed by atoms with Gasteiger partial charge in [0.1, 0.15) is 0 Å². The molecule has 0 radical (unpaired) electrons. The number of nitrogens with zero attached hydrogens (tertiary/aromatic N) is 4. The summed E-state index contributed by atoms with van der Waals surface area (Å²) in [7, 11) is -2.49. The highest BCUT2D eigenvalue weighted by molar-refractivity contribution is 7.37. The van der Waals surface area contributed by atoms with Crippen molar-refractivity contribution in [3.63, 3.8) is 0 Å². The molecule has 0 aliphatic carbocycles. The number of hydrogen-bond donors (Lipinski definition) is 0. The Labute approximate surface area is 84.2 Å². The molecule has 0 saturated heterocycles. The number of hydrogen-bond acceptors (Lipinski definition) is 4. The van der Waals surface area contributed by atoms with Crippen LogP contribution in [0, 0.1) is 10.1 Å². The highest BCUT2D eigenvalue weighted by Gasteiger charge is 2.18. The molecule has 76 valence electrons. The maximum Gasteiger partial charge on any atom is 0.689 e. The lowest BCUT2D eigenvalue weighted by molar-refractivity contribution is -0.384. The van der Waals surface area contributed by atoms with Crippen LogP contribution in [0.5, 0.6) is 5.75 Å². The van der Waals surface area contributed by atoms with Gasteiger partial charge in [-0.25, -0.2) is 4.52 Å². The van der Waals surface area contributed by atoms with Crippen LogP contribution in [0.2, 0.25) is 0 Å².